The van der Waals surface area contributed by atoms with E-state index in [1.54, 1.807) is 18.4 Å². The van der Waals surface area contributed by atoms with Gasteiger partial charge in [0.05, 0.1) is 24.2 Å². The summed E-state index contributed by atoms with van der Waals surface area (Å²) >= 11 is 1.61. The predicted molar refractivity (Wildman–Crippen MR) is 119 cm³/mol. The van der Waals surface area contributed by atoms with E-state index in [1.165, 1.54) is 44.1 Å². The van der Waals surface area contributed by atoms with E-state index in [0.717, 1.165) is 39.5 Å². The summed E-state index contributed by atoms with van der Waals surface area (Å²) in [6, 6.07) is 7.83. The topological polar surface area (TPSA) is 35.5 Å². The summed E-state index contributed by atoms with van der Waals surface area (Å²) in [5, 5.41) is 1.99. The van der Waals surface area contributed by atoms with Crippen molar-refractivity contribution in [3.05, 3.63) is 51.2 Å². The van der Waals surface area contributed by atoms with E-state index in [2.05, 4.69) is 11.8 Å². The van der Waals surface area contributed by atoms with E-state index in [0.29, 0.717) is 6.61 Å². The molecule has 4 aliphatic rings. The van der Waals surface area contributed by atoms with Crippen LogP contribution in [0, 0.1) is 29.6 Å². The fourth-order valence-corrected chi connectivity index (χ4v) is 7.56. The van der Waals surface area contributed by atoms with Gasteiger partial charge in [0.15, 0.2) is 0 Å². The number of benzene rings is 1. The summed E-state index contributed by atoms with van der Waals surface area (Å²) in [6.07, 6.45) is 7.76. The molecule has 1 heterocycles. The van der Waals surface area contributed by atoms with Crippen LogP contribution in [-0.2, 0) is 10.2 Å². The van der Waals surface area contributed by atoms with Gasteiger partial charge in [-0.05, 0) is 98.4 Å². The molecule has 156 valence electrons. The zero-order valence-corrected chi connectivity index (χ0v) is 18.5. The first-order valence-corrected chi connectivity index (χ1v) is 11.9. The molecule has 4 aliphatic carbocycles. The Balaban J connectivity index is 1.56. The van der Waals surface area contributed by atoms with E-state index < -0.39 is 0 Å². The molecule has 1 aromatic carbocycles. The average molecular weight is 421 g/mol. The fraction of sp³-hybridized carbons (Fsp3) is 0.500. The maximum Gasteiger partial charge on any atom is 0.339 e. The highest BCUT2D eigenvalue weighted by Crippen LogP contribution is 2.62. The first-order valence-electron chi connectivity index (χ1n) is 11.1. The Labute approximate surface area is 182 Å². The van der Waals surface area contributed by atoms with Crippen molar-refractivity contribution in [3.8, 4) is 17.6 Å². The van der Waals surface area contributed by atoms with Crippen LogP contribution in [0.5, 0.6) is 5.75 Å². The third-order valence-corrected chi connectivity index (χ3v) is 8.16. The molecule has 4 saturated carbocycles. The average Bonchev–Trinajstić information content (AvgIpc) is 3.17. The Morgan fingerprint density at radius 2 is 1.70 bits per heavy atom. The molecule has 2 aromatic rings. The molecule has 1 aromatic heterocycles. The van der Waals surface area contributed by atoms with Crippen molar-refractivity contribution >= 4 is 17.3 Å². The normalized spacial score (nSPS) is 28.7. The van der Waals surface area contributed by atoms with Gasteiger partial charge in [-0.25, -0.2) is 4.79 Å². The van der Waals surface area contributed by atoms with Crippen LogP contribution in [0.1, 0.15) is 71.8 Å². The Kier molecular flexibility index (Phi) is 5.11. The summed E-state index contributed by atoms with van der Waals surface area (Å²) in [5.41, 5.74) is 3.04. The second kappa shape index (κ2) is 7.78. The van der Waals surface area contributed by atoms with E-state index in [4.69, 9.17) is 9.47 Å². The minimum Gasteiger partial charge on any atom is -0.497 e. The Morgan fingerprint density at radius 3 is 2.27 bits per heavy atom. The van der Waals surface area contributed by atoms with Crippen LogP contribution in [-0.4, -0.2) is 19.7 Å². The Hall–Kier alpha value is -2.25. The zero-order chi connectivity index (χ0) is 20.7. The van der Waals surface area contributed by atoms with Gasteiger partial charge in [0.25, 0.3) is 0 Å². The van der Waals surface area contributed by atoms with E-state index in [-0.39, 0.29) is 11.4 Å². The van der Waals surface area contributed by atoms with Crippen molar-refractivity contribution in [1.82, 2.24) is 0 Å². The Morgan fingerprint density at radius 1 is 1.07 bits per heavy atom. The van der Waals surface area contributed by atoms with Crippen LogP contribution in [0.2, 0.25) is 0 Å². The molecule has 30 heavy (non-hydrogen) atoms. The van der Waals surface area contributed by atoms with Crippen LogP contribution < -0.4 is 4.74 Å². The minimum atomic E-state index is -0.183. The molecule has 0 spiro atoms. The number of methoxy groups -OCH3 is 1. The minimum absolute atomic E-state index is 0.112. The molecular formula is C26H28O3S. The van der Waals surface area contributed by atoms with Crippen molar-refractivity contribution in [2.24, 2.45) is 17.8 Å². The quantitative estimate of drug-likeness (QED) is 0.463. The summed E-state index contributed by atoms with van der Waals surface area (Å²) < 4.78 is 10.7. The second-order valence-electron chi connectivity index (χ2n) is 9.25. The lowest BCUT2D eigenvalue weighted by Crippen LogP contribution is -2.49. The number of carbonyl (C=O) groups is 1. The smallest absolute Gasteiger partial charge is 0.339 e. The fourth-order valence-electron chi connectivity index (χ4n) is 6.56. The summed E-state index contributed by atoms with van der Waals surface area (Å²) in [7, 11) is 1.67. The van der Waals surface area contributed by atoms with Gasteiger partial charge in [-0.1, -0.05) is 11.8 Å². The van der Waals surface area contributed by atoms with E-state index >= 15 is 0 Å². The van der Waals surface area contributed by atoms with Crippen molar-refractivity contribution in [1.29, 1.82) is 0 Å². The number of carbonyl (C=O) groups excluding carboxylic acids is 1. The van der Waals surface area contributed by atoms with Gasteiger partial charge >= 0.3 is 5.97 Å². The molecule has 4 bridgehead atoms. The molecule has 0 saturated heterocycles. The van der Waals surface area contributed by atoms with Crippen LogP contribution in [0.4, 0.5) is 0 Å². The molecule has 4 fully saturated rings. The lowest BCUT2D eigenvalue weighted by molar-refractivity contribution is -0.00592. The highest BCUT2D eigenvalue weighted by Gasteiger charge is 2.53. The van der Waals surface area contributed by atoms with Gasteiger partial charge < -0.3 is 9.47 Å². The molecule has 0 unspecified atom stereocenters. The Bertz CT molecular complexity index is 970. The number of rotatable bonds is 4. The maximum atomic E-state index is 12.8. The van der Waals surface area contributed by atoms with Gasteiger partial charge in [-0.2, -0.15) is 0 Å². The number of esters is 1. The predicted octanol–water partition coefficient (Wildman–Crippen LogP) is 5.80. The van der Waals surface area contributed by atoms with E-state index in [9.17, 15) is 4.79 Å². The third-order valence-electron chi connectivity index (χ3n) is 7.27. The third kappa shape index (κ3) is 3.44. The van der Waals surface area contributed by atoms with Crippen molar-refractivity contribution < 1.29 is 14.3 Å². The van der Waals surface area contributed by atoms with Crippen molar-refractivity contribution in [2.75, 3.05) is 13.7 Å². The molecule has 3 nitrogen and oxygen atoms in total. The van der Waals surface area contributed by atoms with Gasteiger partial charge in [0.1, 0.15) is 5.75 Å². The van der Waals surface area contributed by atoms with Crippen molar-refractivity contribution in [2.45, 2.75) is 50.9 Å². The standard InChI is InChI=1S/C26H28O3S/c1-3-29-25(27)22-16-30-23(9-6-17-4-7-21(28-2)8-5-17)24(22)26-13-18-10-19(14-26)12-20(11-18)15-26/h4-5,7-8,16,18-20H,3,10-15H2,1-2H3. The largest absolute Gasteiger partial charge is 0.497 e. The number of hydrogen-bond donors (Lipinski definition) is 0. The molecular weight excluding hydrogens is 392 g/mol. The van der Waals surface area contributed by atoms with Crippen LogP contribution in [0.25, 0.3) is 0 Å². The van der Waals surface area contributed by atoms with E-state index in [1.807, 2.05) is 36.6 Å². The number of ether oxygens (including phenoxy) is 2. The molecule has 4 heteroatoms. The molecule has 0 N–H and O–H groups in total. The number of hydrogen-bond acceptors (Lipinski definition) is 4. The first kappa shape index (κ1) is 19.7. The zero-order valence-electron chi connectivity index (χ0n) is 17.7. The van der Waals surface area contributed by atoms with Crippen LogP contribution >= 0.6 is 11.3 Å². The number of thiophene rings is 1. The lowest BCUT2D eigenvalue weighted by atomic mass is 9.47. The first-order chi connectivity index (χ1) is 14.6. The maximum absolute atomic E-state index is 12.8. The second-order valence-corrected chi connectivity index (χ2v) is 10.1. The highest BCUT2D eigenvalue weighted by atomic mass is 32.1. The van der Waals surface area contributed by atoms with Gasteiger partial charge in [-0.15, -0.1) is 11.3 Å². The van der Waals surface area contributed by atoms with Gasteiger partial charge in [0, 0.05) is 10.9 Å². The van der Waals surface area contributed by atoms with Crippen molar-refractivity contribution in [3.63, 3.8) is 0 Å². The SMILES string of the molecule is CCOC(=O)c1csc(C#Cc2ccc(OC)cc2)c1C12CC3CC(CC(C3)C1)C2. The monoisotopic (exact) mass is 420 g/mol. The highest BCUT2D eigenvalue weighted by molar-refractivity contribution is 7.11. The summed E-state index contributed by atoms with van der Waals surface area (Å²) in [6.45, 7) is 2.28. The van der Waals surface area contributed by atoms with Crippen LogP contribution in [0.15, 0.2) is 29.6 Å². The molecule has 0 aliphatic heterocycles. The molecule has 6 rings (SSSR count). The van der Waals surface area contributed by atoms with Crippen LogP contribution in [0.3, 0.4) is 0 Å². The van der Waals surface area contributed by atoms with Gasteiger partial charge in [0.2, 0.25) is 0 Å². The van der Waals surface area contributed by atoms with Gasteiger partial charge in [-0.3, -0.25) is 0 Å². The molecule has 0 atom stereocenters. The molecule has 0 radical (unpaired) electrons. The lowest BCUT2D eigenvalue weighted by Gasteiger charge is -2.57. The molecule has 0 amide bonds. The summed E-state index contributed by atoms with van der Waals surface area (Å²) in [4.78, 5) is 13.9. The summed E-state index contributed by atoms with van der Waals surface area (Å²) in [5.74, 6) is 9.84.